The van der Waals surface area contributed by atoms with Gasteiger partial charge >= 0.3 is 6.03 Å². The van der Waals surface area contributed by atoms with E-state index in [9.17, 15) is 4.79 Å². The number of anilines is 1. The summed E-state index contributed by atoms with van der Waals surface area (Å²) in [6.45, 7) is 7.17. The summed E-state index contributed by atoms with van der Waals surface area (Å²) in [7, 11) is 1.63. The number of fused-ring (bicyclic) bond motifs is 3. The average Bonchev–Trinajstić information content (AvgIpc) is 2.79. The lowest BCUT2D eigenvalue weighted by Gasteiger charge is -2.51. The van der Waals surface area contributed by atoms with E-state index in [4.69, 9.17) is 15.2 Å². The van der Waals surface area contributed by atoms with Crippen molar-refractivity contribution in [3.8, 4) is 11.5 Å². The number of ether oxygens (including phenoxy) is 2. The Kier molecular flexibility index (Phi) is 2.77. The van der Waals surface area contributed by atoms with Crippen LogP contribution in [0.2, 0.25) is 0 Å². The molecule has 1 aromatic carbocycles. The highest BCUT2D eigenvalue weighted by Gasteiger charge is 2.57. The highest BCUT2D eigenvalue weighted by atomic mass is 16.5. The fourth-order valence-electron chi connectivity index (χ4n) is 3.15. The Morgan fingerprint density at radius 1 is 1.38 bits per heavy atom. The van der Waals surface area contributed by atoms with E-state index in [2.05, 4.69) is 11.8 Å². The molecule has 1 unspecified atom stereocenters. The number of primary amides is 1. The lowest BCUT2D eigenvalue weighted by molar-refractivity contribution is 0.0242. The van der Waals surface area contributed by atoms with Crippen molar-refractivity contribution >= 4 is 11.7 Å². The Bertz CT molecular complexity index is 602. The first kappa shape index (κ1) is 13.9. The molecule has 2 heterocycles. The summed E-state index contributed by atoms with van der Waals surface area (Å²) in [5, 5.41) is 0. The summed E-state index contributed by atoms with van der Waals surface area (Å²) in [6.07, 6.45) is 0. The van der Waals surface area contributed by atoms with Gasteiger partial charge in [-0.15, -0.1) is 0 Å². The molecule has 2 aliphatic heterocycles. The van der Waals surface area contributed by atoms with Gasteiger partial charge < -0.3 is 25.0 Å². The number of urea groups is 1. The van der Waals surface area contributed by atoms with Gasteiger partial charge in [0.15, 0.2) is 0 Å². The Morgan fingerprint density at radius 2 is 2.10 bits per heavy atom. The van der Waals surface area contributed by atoms with Gasteiger partial charge in [0.2, 0.25) is 0 Å². The zero-order valence-corrected chi connectivity index (χ0v) is 12.8. The first-order valence-corrected chi connectivity index (χ1v) is 6.97. The fourth-order valence-corrected chi connectivity index (χ4v) is 3.15. The second kappa shape index (κ2) is 4.19. The number of amides is 2. The van der Waals surface area contributed by atoms with E-state index in [1.54, 1.807) is 12.0 Å². The van der Waals surface area contributed by atoms with E-state index in [0.717, 1.165) is 17.2 Å². The van der Waals surface area contributed by atoms with Crippen LogP contribution in [0, 0.1) is 0 Å². The highest BCUT2D eigenvalue weighted by molar-refractivity contribution is 5.75. The van der Waals surface area contributed by atoms with Crippen LogP contribution in [0.15, 0.2) is 18.2 Å². The summed E-state index contributed by atoms with van der Waals surface area (Å²) in [4.78, 5) is 15.4. The van der Waals surface area contributed by atoms with Crippen molar-refractivity contribution in [1.29, 1.82) is 0 Å². The van der Waals surface area contributed by atoms with Crippen molar-refractivity contribution in [2.45, 2.75) is 31.9 Å². The number of carbonyl (C=O) groups is 1. The summed E-state index contributed by atoms with van der Waals surface area (Å²) in [5.74, 6) is 1.56. The maximum absolute atomic E-state index is 11.6. The van der Waals surface area contributed by atoms with Gasteiger partial charge in [-0.05, 0) is 32.9 Å². The smallest absolute Gasteiger partial charge is 0.316 e. The van der Waals surface area contributed by atoms with Crippen LogP contribution in [0.1, 0.15) is 20.8 Å². The van der Waals surface area contributed by atoms with E-state index in [1.807, 2.05) is 32.0 Å². The van der Waals surface area contributed by atoms with Gasteiger partial charge in [-0.25, -0.2) is 4.79 Å². The minimum atomic E-state index is -0.446. The molecule has 1 saturated heterocycles. The van der Waals surface area contributed by atoms with Crippen molar-refractivity contribution in [2.75, 3.05) is 25.2 Å². The molecule has 1 aromatic rings. The molecule has 0 radical (unpaired) electrons. The lowest BCUT2D eigenvalue weighted by Crippen LogP contribution is -2.64. The summed E-state index contributed by atoms with van der Waals surface area (Å²) >= 11 is 0. The van der Waals surface area contributed by atoms with Crippen LogP contribution in [0.5, 0.6) is 11.5 Å². The second-order valence-corrected chi connectivity index (χ2v) is 6.33. The summed E-state index contributed by atoms with van der Waals surface area (Å²) in [5.41, 5.74) is 5.61. The zero-order chi connectivity index (χ0) is 15.4. The van der Waals surface area contributed by atoms with Crippen LogP contribution in [-0.2, 0) is 0 Å². The van der Waals surface area contributed by atoms with Crippen LogP contribution in [0.3, 0.4) is 0 Å². The van der Waals surface area contributed by atoms with E-state index in [-0.39, 0.29) is 5.54 Å². The summed E-state index contributed by atoms with van der Waals surface area (Å²) < 4.78 is 11.5. The predicted octanol–water partition coefficient (Wildman–Crippen LogP) is 1.78. The van der Waals surface area contributed by atoms with E-state index < -0.39 is 11.6 Å². The molecule has 2 aliphatic rings. The molecule has 0 aromatic heterocycles. The summed E-state index contributed by atoms with van der Waals surface area (Å²) in [6, 6.07) is 5.31. The fraction of sp³-hybridized carbons (Fsp3) is 0.533. The molecular weight excluding hydrogens is 270 g/mol. The van der Waals surface area contributed by atoms with Crippen LogP contribution in [-0.4, -0.2) is 42.4 Å². The van der Waals surface area contributed by atoms with Gasteiger partial charge in [-0.3, -0.25) is 0 Å². The third-order valence-corrected chi connectivity index (χ3v) is 4.84. The third-order valence-electron chi connectivity index (χ3n) is 4.84. The molecule has 0 spiro atoms. The number of rotatable bonds is 1. The van der Waals surface area contributed by atoms with Crippen molar-refractivity contribution < 1.29 is 14.3 Å². The molecule has 1 fully saturated rings. The standard InChI is InChI=1S/C15H21N3O3/c1-14(2)15(3)8-17(13(16)19)9-18(15)11-7-10(20-4)5-6-12(11)21-14/h5-7H,8-9H2,1-4H3,(H2,16,19). The van der Waals surface area contributed by atoms with Crippen molar-refractivity contribution in [3.05, 3.63) is 18.2 Å². The quantitative estimate of drug-likeness (QED) is 0.856. The van der Waals surface area contributed by atoms with Gasteiger partial charge in [0, 0.05) is 6.07 Å². The molecule has 2 N–H and O–H groups in total. The number of benzene rings is 1. The number of nitrogens with two attached hydrogens (primary N) is 1. The van der Waals surface area contributed by atoms with Crippen LogP contribution >= 0.6 is 0 Å². The largest absolute Gasteiger partial charge is 0.497 e. The minimum absolute atomic E-state index is 0.346. The zero-order valence-electron chi connectivity index (χ0n) is 12.8. The van der Waals surface area contributed by atoms with Crippen LogP contribution < -0.4 is 20.1 Å². The van der Waals surface area contributed by atoms with Gasteiger partial charge in [0.25, 0.3) is 0 Å². The first-order chi connectivity index (χ1) is 9.78. The van der Waals surface area contributed by atoms with E-state index in [1.165, 1.54) is 0 Å². The molecular formula is C15H21N3O3. The average molecular weight is 291 g/mol. The molecule has 21 heavy (non-hydrogen) atoms. The molecule has 114 valence electrons. The molecule has 6 heteroatoms. The third kappa shape index (κ3) is 1.81. The van der Waals surface area contributed by atoms with Gasteiger partial charge in [-0.1, -0.05) is 0 Å². The first-order valence-electron chi connectivity index (χ1n) is 6.97. The molecule has 0 aliphatic carbocycles. The molecule has 2 amide bonds. The number of carbonyl (C=O) groups excluding carboxylic acids is 1. The van der Waals surface area contributed by atoms with Crippen molar-refractivity contribution in [1.82, 2.24) is 4.90 Å². The molecule has 0 saturated carbocycles. The van der Waals surface area contributed by atoms with Gasteiger partial charge in [0.05, 0.1) is 31.5 Å². The Balaban J connectivity index is 2.12. The van der Waals surface area contributed by atoms with Crippen molar-refractivity contribution in [2.24, 2.45) is 5.73 Å². The number of hydrogen-bond donors (Lipinski definition) is 1. The Labute approximate surface area is 124 Å². The monoisotopic (exact) mass is 291 g/mol. The van der Waals surface area contributed by atoms with Gasteiger partial charge in [0.1, 0.15) is 17.1 Å². The van der Waals surface area contributed by atoms with E-state index >= 15 is 0 Å². The Morgan fingerprint density at radius 3 is 2.71 bits per heavy atom. The van der Waals surface area contributed by atoms with Crippen LogP contribution in [0.4, 0.5) is 10.5 Å². The maximum atomic E-state index is 11.6. The molecule has 3 rings (SSSR count). The molecule has 1 atom stereocenters. The maximum Gasteiger partial charge on any atom is 0.316 e. The normalized spacial score (nSPS) is 25.9. The second-order valence-electron chi connectivity index (χ2n) is 6.33. The van der Waals surface area contributed by atoms with Gasteiger partial charge in [-0.2, -0.15) is 0 Å². The minimum Gasteiger partial charge on any atom is -0.497 e. The molecule has 6 nitrogen and oxygen atoms in total. The van der Waals surface area contributed by atoms with E-state index in [0.29, 0.717) is 13.2 Å². The topological polar surface area (TPSA) is 68.0 Å². The number of methoxy groups -OCH3 is 1. The number of hydrogen-bond acceptors (Lipinski definition) is 4. The lowest BCUT2D eigenvalue weighted by atomic mass is 9.81. The Hall–Kier alpha value is -2.11. The number of nitrogens with zero attached hydrogens (tertiary/aromatic N) is 2. The molecule has 0 bridgehead atoms. The van der Waals surface area contributed by atoms with Crippen LogP contribution in [0.25, 0.3) is 0 Å². The highest BCUT2D eigenvalue weighted by Crippen LogP contribution is 2.49. The predicted molar refractivity (Wildman–Crippen MR) is 79.7 cm³/mol. The van der Waals surface area contributed by atoms with Crippen molar-refractivity contribution in [3.63, 3.8) is 0 Å². The SMILES string of the molecule is COc1ccc2c(c1)N1CN(C(N)=O)CC1(C)C(C)(C)O2.